The molecule has 3 rings (SSSR count). The number of aromatic carboxylic acids is 1. The molecule has 0 aliphatic carbocycles. The molecular formula is C16H16N2O2S. The minimum atomic E-state index is -0.888. The smallest absolute Gasteiger partial charge is 0.345 e. The maximum absolute atomic E-state index is 11.2. The maximum Gasteiger partial charge on any atom is 0.345 e. The van der Waals surface area contributed by atoms with Crippen LogP contribution in [0.2, 0.25) is 0 Å². The van der Waals surface area contributed by atoms with Gasteiger partial charge in [0.05, 0.1) is 11.4 Å². The van der Waals surface area contributed by atoms with Crippen molar-refractivity contribution in [3.8, 4) is 5.69 Å². The number of fused-ring (bicyclic) bond motifs is 1. The van der Waals surface area contributed by atoms with Gasteiger partial charge in [0.1, 0.15) is 9.71 Å². The van der Waals surface area contributed by atoms with Crippen LogP contribution >= 0.6 is 11.3 Å². The summed E-state index contributed by atoms with van der Waals surface area (Å²) in [6, 6.07) is 9.81. The molecule has 0 unspecified atom stereocenters. The Kier molecular flexibility index (Phi) is 3.29. The van der Waals surface area contributed by atoms with Gasteiger partial charge in [-0.2, -0.15) is 5.10 Å². The number of benzene rings is 1. The number of carboxylic acid groups (broad SMARTS) is 1. The number of carbonyl (C=O) groups is 1. The van der Waals surface area contributed by atoms with Crippen LogP contribution in [0.25, 0.3) is 15.9 Å². The Morgan fingerprint density at radius 1 is 1.29 bits per heavy atom. The Balaban J connectivity index is 2.26. The first-order chi connectivity index (χ1) is 9.97. The van der Waals surface area contributed by atoms with Gasteiger partial charge < -0.3 is 5.11 Å². The summed E-state index contributed by atoms with van der Waals surface area (Å²) in [5.74, 6) is -0.642. The lowest BCUT2D eigenvalue weighted by atomic mass is 10.1. The van der Waals surface area contributed by atoms with Crippen LogP contribution in [0.5, 0.6) is 0 Å². The summed E-state index contributed by atoms with van der Waals surface area (Å²) in [6.45, 7) is 6.18. The molecule has 1 aromatic carbocycles. The molecule has 0 amide bonds. The number of hydrogen-bond acceptors (Lipinski definition) is 3. The quantitative estimate of drug-likeness (QED) is 0.788. The van der Waals surface area contributed by atoms with Crippen molar-refractivity contribution in [2.75, 3.05) is 0 Å². The number of nitrogens with zero attached hydrogens (tertiary/aromatic N) is 2. The van der Waals surface area contributed by atoms with Crippen molar-refractivity contribution in [2.45, 2.75) is 26.7 Å². The van der Waals surface area contributed by atoms with Crippen LogP contribution in [0.4, 0.5) is 0 Å². The zero-order chi connectivity index (χ0) is 15.1. The molecule has 108 valence electrons. The van der Waals surface area contributed by atoms with E-state index in [1.807, 2.05) is 35.9 Å². The van der Waals surface area contributed by atoms with Crippen LogP contribution in [-0.2, 0) is 0 Å². The molecule has 0 saturated carbocycles. The molecular weight excluding hydrogens is 284 g/mol. The Hall–Kier alpha value is -2.14. The SMILES string of the molecule is Cc1ccc(-n2nc(C(C)C)c3cc(C(=O)O)sc32)cc1. The Bertz CT molecular complexity index is 813. The summed E-state index contributed by atoms with van der Waals surface area (Å²) in [5.41, 5.74) is 3.08. The van der Waals surface area contributed by atoms with Crippen molar-refractivity contribution in [3.63, 3.8) is 0 Å². The highest BCUT2D eigenvalue weighted by atomic mass is 32.1. The van der Waals surface area contributed by atoms with Crippen molar-refractivity contribution in [1.82, 2.24) is 9.78 Å². The predicted molar refractivity (Wildman–Crippen MR) is 84.7 cm³/mol. The Labute approximate surface area is 126 Å². The van der Waals surface area contributed by atoms with Crippen LogP contribution in [0, 0.1) is 6.92 Å². The van der Waals surface area contributed by atoms with Gasteiger partial charge >= 0.3 is 5.97 Å². The van der Waals surface area contributed by atoms with Crippen molar-refractivity contribution in [1.29, 1.82) is 0 Å². The summed E-state index contributed by atoms with van der Waals surface area (Å²) in [4.78, 5) is 12.5. The average Bonchev–Trinajstić information content (AvgIpc) is 2.98. The van der Waals surface area contributed by atoms with Crippen LogP contribution in [0.1, 0.15) is 40.7 Å². The fraction of sp³-hybridized carbons (Fsp3) is 0.250. The molecule has 0 aliphatic heterocycles. The lowest BCUT2D eigenvalue weighted by Gasteiger charge is -2.03. The van der Waals surface area contributed by atoms with Gasteiger partial charge in [0, 0.05) is 5.39 Å². The van der Waals surface area contributed by atoms with E-state index < -0.39 is 5.97 Å². The van der Waals surface area contributed by atoms with Crippen LogP contribution in [0.15, 0.2) is 30.3 Å². The van der Waals surface area contributed by atoms with Crippen LogP contribution in [-0.4, -0.2) is 20.9 Å². The van der Waals surface area contributed by atoms with Gasteiger partial charge in [0.2, 0.25) is 0 Å². The number of hydrogen-bond donors (Lipinski definition) is 1. The first-order valence-electron chi connectivity index (χ1n) is 6.80. The molecule has 1 N–H and O–H groups in total. The van der Waals surface area contributed by atoms with Gasteiger partial charge in [0.15, 0.2) is 0 Å². The molecule has 5 heteroatoms. The molecule has 21 heavy (non-hydrogen) atoms. The number of aryl methyl sites for hydroxylation is 1. The second-order valence-corrected chi connectivity index (χ2v) is 6.45. The fourth-order valence-electron chi connectivity index (χ4n) is 2.32. The van der Waals surface area contributed by atoms with E-state index in [2.05, 4.69) is 18.9 Å². The predicted octanol–water partition coefficient (Wildman–Crippen LogP) is 4.22. The van der Waals surface area contributed by atoms with Gasteiger partial charge in [-0.15, -0.1) is 11.3 Å². The monoisotopic (exact) mass is 300 g/mol. The molecule has 0 atom stereocenters. The summed E-state index contributed by atoms with van der Waals surface area (Å²) in [5, 5.41) is 14.8. The van der Waals surface area contributed by atoms with Crippen molar-refractivity contribution in [3.05, 3.63) is 46.5 Å². The molecule has 0 saturated heterocycles. The van der Waals surface area contributed by atoms with E-state index in [0.29, 0.717) is 4.88 Å². The van der Waals surface area contributed by atoms with Gasteiger partial charge in [-0.1, -0.05) is 31.5 Å². The molecule has 0 aliphatic rings. The van der Waals surface area contributed by atoms with Crippen LogP contribution in [0.3, 0.4) is 0 Å². The first kappa shape index (κ1) is 13.8. The van der Waals surface area contributed by atoms with Gasteiger partial charge in [-0.25, -0.2) is 9.48 Å². The van der Waals surface area contributed by atoms with Crippen molar-refractivity contribution in [2.24, 2.45) is 0 Å². The molecule has 3 aromatic rings. The topological polar surface area (TPSA) is 55.1 Å². The van der Waals surface area contributed by atoms with E-state index in [4.69, 9.17) is 0 Å². The number of thiophene rings is 1. The third-order valence-electron chi connectivity index (χ3n) is 3.42. The maximum atomic E-state index is 11.2. The van der Waals surface area contributed by atoms with E-state index in [-0.39, 0.29) is 5.92 Å². The largest absolute Gasteiger partial charge is 0.477 e. The van der Waals surface area contributed by atoms with Crippen LogP contribution < -0.4 is 0 Å². The highest BCUT2D eigenvalue weighted by Gasteiger charge is 2.19. The van der Waals surface area contributed by atoms with Crippen molar-refractivity contribution >= 4 is 27.5 Å². The van der Waals surface area contributed by atoms with Crippen molar-refractivity contribution < 1.29 is 9.90 Å². The molecule has 2 aromatic heterocycles. The summed E-state index contributed by atoms with van der Waals surface area (Å²) >= 11 is 1.27. The van der Waals surface area contributed by atoms with E-state index in [1.165, 1.54) is 16.9 Å². The molecule has 0 fully saturated rings. The third-order valence-corrected chi connectivity index (χ3v) is 4.52. The number of aromatic nitrogens is 2. The van der Waals surface area contributed by atoms with Gasteiger partial charge in [-0.05, 0) is 31.0 Å². The number of rotatable bonds is 3. The normalized spacial score (nSPS) is 11.4. The zero-order valence-corrected chi connectivity index (χ0v) is 12.9. The van der Waals surface area contributed by atoms with E-state index in [1.54, 1.807) is 6.07 Å². The molecule has 0 bridgehead atoms. The number of carboxylic acids is 1. The molecule has 2 heterocycles. The summed E-state index contributed by atoms with van der Waals surface area (Å²) < 4.78 is 1.85. The van der Waals surface area contributed by atoms with E-state index in [9.17, 15) is 9.90 Å². The Morgan fingerprint density at radius 3 is 2.52 bits per heavy atom. The zero-order valence-electron chi connectivity index (χ0n) is 12.1. The van der Waals surface area contributed by atoms with Gasteiger partial charge in [-0.3, -0.25) is 0 Å². The van der Waals surface area contributed by atoms with Gasteiger partial charge in [0.25, 0.3) is 0 Å². The summed E-state index contributed by atoms with van der Waals surface area (Å²) in [7, 11) is 0. The summed E-state index contributed by atoms with van der Waals surface area (Å²) in [6.07, 6.45) is 0. The standard InChI is InChI=1S/C16H16N2O2S/c1-9(2)14-12-8-13(16(19)20)21-15(12)18(17-14)11-6-4-10(3)5-7-11/h4-9H,1-3H3,(H,19,20). The Morgan fingerprint density at radius 2 is 1.95 bits per heavy atom. The minimum Gasteiger partial charge on any atom is -0.477 e. The average molecular weight is 300 g/mol. The van der Waals surface area contributed by atoms with E-state index in [0.717, 1.165) is 21.6 Å². The molecule has 0 radical (unpaired) electrons. The first-order valence-corrected chi connectivity index (χ1v) is 7.62. The lowest BCUT2D eigenvalue weighted by Crippen LogP contribution is -1.98. The second-order valence-electron chi connectivity index (χ2n) is 5.42. The molecule has 4 nitrogen and oxygen atoms in total. The lowest BCUT2D eigenvalue weighted by molar-refractivity contribution is 0.0702. The molecule has 0 spiro atoms. The highest BCUT2D eigenvalue weighted by molar-refractivity contribution is 7.20. The van der Waals surface area contributed by atoms with E-state index >= 15 is 0 Å². The third kappa shape index (κ3) is 2.34. The fourth-order valence-corrected chi connectivity index (χ4v) is 3.30. The minimum absolute atomic E-state index is 0.246. The highest BCUT2D eigenvalue weighted by Crippen LogP contribution is 2.33. The second kappa shape index (κ2) is 5.00.